The molecule has 1 aliphatic rings. The summed E-state index contributed by atoms with van der Waals surface area (Å²) in [6.45, 7) is 0. The predicted octanol–water partition coefficient (Wildman–Crippen LogP) is 2.91. The third-order valence-electron chi connectivity index (χ3n) is 3.43. The van der Waals surface area contributed by atoms with Gasteiger partial charge in [0, 0.05) is 12.1 Å². The summed E-state index contributed by atoms with van der Waals surface area (Å²) < 4.78 is 0. The van der Waals surface area contributed by atoms with Crippen LogP contribution in [0, 0.1) is 0 Å². The normalized spacial score (nSPS) is 24.4. The summed E-state index contributed by atoms with van der Waals surface area (Å²) in [4.78, 5) is 0. The fourth-order valence-corrected chi connectivity index (χ4v) is 2.45. The smallest absolute Gasteiger partial charge is 0.0759 e. The van der Waals surface area contributed by atoms with E-state index in [0.29, 0.717) is 0 Å². The highest BCUT2D eigenvalue weighted by atomic mass is 35.5. The van der Waals surface area contributed by atoms with Crippen LogP contribution in [0.25, 0.3) is 0 Å². The molecule has 1 aliphatic carbocycles. The molecule has 0 aromatic heterocycles. The third-order valence-corrected chi connectivity index (χ3v) is 3.68. The van der Waals surface area contributed by atoms with E-state index >= 15 is 0 Å². The molecule has 0 saturated heterocycles. The highest BCUT2D eigenvalue weighted by Crippen LogP contribution is 2.22. The van der Waals surface area contributed by atoms with Crippen LogP contribution in [0.4, 0.5) is 0 Å². The van der Waals surface area contributed by atoms with Gasteiger partial charge in [0.2, 0.25) is 0 Å². The molecule has 0 amide bonds. The molecule has 18 heavy (non-hydrogen) atoms. The molecular formula is C14H19ClN2O. The van der Waals surface area contributed by atoms with Crippen molar-refractivity contribution in [3.05, 3.63) is 34.9 Å². The van der Waals surface area contributed by atoms with Crippen molar-refractivity contribution in [1.29, 1.82) is 0 Å². The third kappa shape index (κ3) is 3.47. The topological polar surface area (TPSA) is 35.8 Å². The van der Waals surface area contributed by atoms with Gasteiger partial charge in [0.25, 0.3) is 0 Å². The van der Waals surface area contributed by atoms with E-state index in [1.807, 2.05) is 36.3 Å². The van der Waals surface area contributed by atoms with Crippen LogP contribution in [-0.4, -0.2) is 35.5 Å². The number of benzene rings is 1. The number of hydrogen-bond donors (Lipinski definition) is 1. The number of hydrazone groups is 1. The van der Waals surface area contributed by atoms with Gasteiger partial charge >= 0.3 is 0 Å². The maximum absolute atomic E-state index is 9.94. The fraction of sp³-hybridized carbons (Fsp3) is 0.500. The molecule has 1 fully saturated rings. The number of nitrogens with zero attached hydrogens (tertiary/aromatic N) is 2. The van der Waals surface area contributed by atoms with Gasteiger partial charge in [-0.05, 0) is 30.5 Å². The highest BCUT2D eigenvalue weighted by molar-refractivity contribution is 6.30. The Morgan fingerprint density at radius 2 is 1.94 bits per heavy atom. The minimum Gasteiger partial charge on any atom is -0.391 e. The summed E-state index contributed by atoms with van der Waals surface area (Å²) in [6.07, 6.45) is 5.72. The monoisotopic (exact) mass is 266 g/mol. The zero-order valence-corrected chi connectivity index (χ0v) is 11.3. The van der Waals surface area contributed by atoms with Gasteiger partial charge in [-0.1, -0.05) is 36.6 Å². The van der Waals surface area contributed by atoms with Crippen molar-refractivity contribution in [3.63, 3.8) is 0 Å². The Hall–Kier alpha value is -1.06. The van der Waals surface area contributed by atoms with Crippen LogP contribution in [-0.2, 0) is 0 Å². The van der Waals surface area contributed by atoms with E-state index in [1.165, 1.54) is 6.42 Å². The lowest BCUT2D eigenvalue weighted by molar-refractivity contribution is 0.0338. The Morgan fingerprint density at radius 3 is 2.61 bits per heavy atom. The second-order valence-corrected chi connectivity index (χ2v) is 5.23. The maximum Gasteiger partial charge on any atom is 0.0759 e. The van der Waals surface area contributed by atoms with Gasteiger partial charge in [0.15, 0.2) is 0 Å². The van der Waals surface area contributed by atoms with E-state index in [-0.39, 0.29) is 12.1 Å². The Morgan fingerprint density at radius 1 is 1.28 bits per heavy atom. The van der Waals surface area contributed by atoms with Crippen molar-refractivity contribution in [2.45, 2.75) is 37.8 Å². The van der Waals surface area contributed by atoms with E-state index in [0.717, 1.165) is 29.8 Å². The first-order chi connectivity index (χ1) is 8.66. The van der Waals surface area contributed by atoms with Crippen molar-refractivity contribution in [1.82, 2.24) is 5.01 Å². The van der Waals surface area contributed by atoms with Gasteiger partial charge in [0.05, 0.1) is 18.4 Å². The lowest BCUT2D eigenvalue weighted by atomic mass is 9.92. The van der Waals surface area contributed by atoms with E-state index in [9.17, 15) is 5.11 Å². The molecule has 0 spiro atoms. The van der Waals surface area contributed by atoms with Crippen LogP contribution in [0.2, 0.25) is 5.02 Å². The van der Waals surface area contributed by atoms with Crippen LogP contribution in [0.15, 0.2) is 29.4 Å². The summed E-state index contributed by atoms with van der Waals surface area (Å²) >= 11 is 5.83. The lowest BCUT2D eigenvalue weighted by Crippen LogP contribution is -2.40. The second kappa shape index (κ2) is 6.21. The molecule has 0 bridgehead atoms. The number of likely N-dealkylation sites (N-methyl/N-ethyl adjacent to an activating group) is 1. The van der Waals surface area contributed by atoms with E-state index in [1.54, 1.807) is 6.21 Å². The first-order valence-electron chi connectivity index (χ1n) is 6.37. The molecule has 1 aromatic rings. The number of aliphatic hydroxyl groups excluding tert-OH is 1. The quantitative estimate of drug-likeness (QED) is 0.675. The SMILES string of the molecule is CN(/N=C/c1ccc(Cl)cc1)[C@@H]1CCCC[C@H]1O. The number of hydrogen-bond acceptors (Lipinski definition) is 3. The van der Waals surface area contributed by atoms with Crippen molar-refractivity contribution in [2.75, 3.05) is 7.05 Å². The molecule has 1 saturated carbocycles. The molecule has 2 atom stereocenters. The molecule has 0 radical (unpaired) electrons. The fourth-order valence-electron chi connectivity index (χ4n) is 2.32. The van der Waals surface area contributed by atoms with Gasteiger partial charge in [0.1, 0.15) is 0 Å². The Bertz CT molecular complexity index is 405. The average molecular weight is 267 g/mol. The minimum atomic E-state index is -0.258. The van der Waals surface area contributed by atoms with E-state index in [4.69, 9.17) is 11.6 Å². The van der Waals surface area contributed by atoms with Gasteiger partial charge in [-0.15, -0.1) is 0 Å². The van der Waals surface area contributed by atoms with E-state index < -0.39 is 0 Å². The van der Waals surface area contributed by atoms with Crippen molar-refractivity contribution in [2.24, 2.45) is 5.10 Å². The highest BCUT2D eigenvalue weighted by Gasteiger charge is 2.25. The second-order valence-electron chi connectivity index (χ2n) is 4.79. The summed E-state index contributed by atoms with van der Waals surface area (Å²) in [5.74, 6) is 0. The van der Waals surface area contributed by atoms with Gasteiger partial charge < -0.3 is 5.11 Å². The molecule has 0 heterocycles. The summed E-state index contributed by atoms with van der Waals surface area (Å²) in [5.41, 5.74) is 1.01. The molecular weight excluding hydrogens is 248 g/mol. The maximum atomic E-state index is 9.94. The van der Waals surface area contributed by atoms with Gasteiger partial charge in [-0.25, -0.2) is 0 Å². The number of rotatable bonds is 3. The number of halogens is 1. The zero-order chi connectivity index (χ0) is 13.0. The molecule has 98 valence electrons. The average Bonchev–Trinajstić information content (AvgIpc) is 2.38. The van der Waals surface area contributed by atoms with Crippen LogP contribution in [0.3, 0.4) is 0 Å². The summed E-state index contributed by atoms with van der Waals surface area (Å²) in [5, 5.41) is 16.9. The molecule has 1 aromatic carbocycles. The van der Waals surface area contributed by atoms with Crippen LogP contribution < -0.4 is 0 Å². The van der Waals surface area contributed by atoms with Crippen LogP contribution in [0.5, 0.6) is 0 Å². The van der Waals surface area contributed by atoms with Crippen molar-refractivity contribution >= 4 is 17.8 Å². The summed E-state index contributed by atoms with van der Waals surface area (Å²) in [6, 6.07) is 7.69. The van der Waals surface area contributed by atoms with Crippen LogP contribution in [0.1, 0.15) is 31.2 Å². The van der Waals surface area contributed by atoms with E-state index in [2.05, 4.69) is 5.10 Å². The summed E-state index contributed by atoms with van der Waals surface area (Å²) in [7, 11) is 1.92. The first kappa shape index (κ1) is 13.4. The standard InChI is InChI=1S/C14H19ClN2O/c1-17(13-4-2-3-5-14(13)18)16-10-11-6-8-12(15)9-7-11/h6-10,13-14,18H,2-5H2,1H3/b16-10+/t13-,14-/m1/s1. The molecule has 1 N–H and O–H groups in total. The van der Waals surface area contributed by atoms with Crippen LogP contribution >= 0.6 is 11.6 Å². The molecule has 2 rings (SSSR count). The predicted molar refractivity (Wildman–Crippen MR) is 75.1 cm³/mol. The lowest BCUT2D eigenvalue weighted by Gasteiger charge is -2.33. The Labute approximate surface area is 113 Å². The van der Waals surface area contributed by atoms with Gasteiger partial charge in [-0.2, -0.15) is 5.10 Å². The zero-order valence-electron chi connectivity index (χ0n) is 10.6. The molecule has 3 nitrogen and oxygen atoms in total. The van der Waals surface area contributed by atoms with Crippen molar-refractivity contribution < 1.29 is 5.11 Å². The molecule has 4 heteroatoms. The van der Waals surface area contributed by atoms with Crippen molar-refractivity contribution in [3.8, 4) is 0 Å². The largest absolute Gasteiger partial charge is 0.391 e. The Balaban J connectivity index is 1.97. The number of aliphatic hydroxyl groups is 1. The minimum absolute atomic E-state index is 0.141. The Kier molecular flexibility index (Phi) is 4.61. The van der Waals surface area contributed by atoms with Gasteiger partial charge in [-0.3, -0.25) is 5.01 Å². The first-order valence-corrected chi connectivity index (χ1v) is 6.75. The molecule has 0 aliphatic heterocycles. The molecule has 0 unspecified atom stereocenters.